The van der Waals surface area contributed by atoms with E-state index in [1.54, 1.807) is 43.3 Å². The minimum Gasteiger partial charge on any atom is -0.449 e. The van der Waals surface area contributed by atoms with E-state index in [9.17, 15) is 14.0 Å². The van der Waals surface area contributed by atoms with Crippen molar-refractivity contribution in [2.45, 2.75) is 26.0 Å². The van der Waals surface area contributed by atoms with Gasteiger partial charge in [-0.2, -0.15) is 0 Å². The van der Waals surface area contributed by atoms with E-state index in [0.717, 1.165) is 11.3 Å². The predicted octanol–water partition coefficient (Wildman–Crippen LogP) is 3.31. The van der Waals surface area contributed by atoms with Crippen molar-refractivity contribution in [2.75, 3.05) is 19.0 Å². The number of amides is 1. The summed E-state index contributed by atoms with van der Waals surface area (Å²) in [4.78, 5) is 26.3. The van der Waals surface area contributed by atoms with Gasteiger partial charge in [-0.1, -0.05) is 12.1 Å². The molecule has 0 spiro atoms. The van der Waals surface area contributed by atoms with Crippen molar-refractivity contribution in [1.82, 2.24) is 5.32 Å². The van der Waals surface area contributed by atoms with Crippen LogP contribution in [0.15, 0.2) is 48.5 Å². The molecular weight excluding hydrogens is 335 g/mol. The molecule has 1 N–H and O–H groups in total. The summed E-state index contributed by atoms with van der Waals surface area (Å²) in [5.41, 5.74) is 2.10. The van der Waals surface area contributed by atoms with E-state index in [-0.39, 0.29) is 11.9 Å². The molecule has 2 rings (SSSR count). The van der Waals surface area contributed by atoms with Crippen molar-refractivity contribution < 1.29 is 18.7 Å². The highest BCUT2D eigenvalue weighted by Crippen LogP contribution is 2.15. The average Bonchev–Trinajstić information content (AvgIpc) is 2.62. The number of ether oxygens (including phenoxy) is 1. The molecule has 5 nitrogen and oxygen atoms in total. The Hall–Kier alpha value is -2.89. The summed E-state index contributed by atoms with van der Waals surface area (Å²) in [7, 11) is 3.81. The first-order valence-electron chi connectivity index (χ1n) is 8.32. The minimum absolute atomic E-state index is 0.330. The maximum atomic E-state index is 13.0. The third-order valence-electron chi connectivity index (χ3n) is 4.00. The van der Waals surface area contributed by atoms with Gasteiger partial charge >= 0.3 is 5.97 Å². The highest BCUT2D eigenvalue weighted by molar-refractivity contribution is 5.92. The first kappa shape index (κ1) is 19.4. The van der Waals surface area contributed by atoms with Crippen LogP contribution in [0, 0.1) is 5.82 Å². The molecule has 0 aliphatic heterocycles. The van der Waals surface area contributed by atoms with Gasteiger partial charge in [0.1, 0.15) is 5.82 Å². The van der Waals surface area contributed by atoms with Gasteiger partial charge in [-0.15, -0.1) is 0 Å². The topological polar surface area (TPSA) is 58.6 Å². The Morgan fingerprint density at radius 3 is 2.12 bits per heavy atom. The van der Waals surface area contributed by atoms with Gasteiger partial charge in [0.15, 0.2) is 6.10 Å². The number of hydrogen-bond acceptors (Lipinski definition) is 4. The number of carbonyl (C=O) groups excluding carboxylic acids is 2. The summed E-state index contributed by atoms with van der Waals surface area (Å²) in [6.07, 6.45) is -0.945. The van der Waals surface area contributed by atoms with Gasteiger partial charge in [-0.3, -0.25) is 4.79 Å². The summed E-state index contributed by atoms with van der Waals surface area (Å²) in [5, 5.41) is 2.75. The Morgan fingerprint density at radius 1 is 1.00 bits per heavy atom. The second-order valence-corrected chi connectivity index (χ2v) is 6.27. The number of benzene rings is 2. The second-order valence-electron chi connectivity index (χ2n) is 6.27. The molecule has 2 atom stereocenters. The summed E-state index contributed by atoms with van der Waals surface area (Å²) >= 11 is 0. The van der Waals surface area contributed by atoms with Crippen molar-refractivity contribution >= 4 is 17.6 Å². The van der Waals surface area contributed by atoms with Crippen LogP contribution in [-0.2, 0) is 9.53 Å². The predicted molar refractivity (Wildman–Crippen MR) is 98.6 cm³/mol. The fraction of sp³-hybridized carbons (Fsp3) is 0.300. The van der Waals surface area contributed by atoms with E-state index in [2.05, 4.69) is 5.32 Å². The molecule has 0 fully saturated rings. The van der Waals surface area contributed by atoms with Crippen molar-refractivity contribution in [2.24, 2.45) is 0 Å². The van der Waals surface area contributed by atoms with Gasteiger partial charge in [0.05, 0.1) is 11.6 Å². The molecule has 2 aromatic carbocycles. The van der Waals surface area contributed by atoms with Crippen LogP contribution < -0.4 is 10.2 Å². The SMILES string of the molecule is C[C@H](NC(=O)[C@@H](C)OC(=O)c1ccc(N(C)C)cc1)c1ccc(F)cc1. The molecule has 0 bridgehead atoms. The molecule has 138 valence electrons. The zero-order chi connectivity index (χ0) is 19.3. The quantitative estimate of drug-likeness (QED) is 0.805. The van der Waals surface area contributed by atoms with Crippen molar-refractivity contribution in [3.63, 3.8) is 0 Å². The van der Waals surface area contributed by atoms with Gasteiger partial charge < -0.3 is 15.0 Å². The lowest BCUT2D eigenvalue weighted by molar-refractivity contribution is -0.129. The molecule has 6 heteroatoms. The molecule has 0 saturated carbocycles. The van der Waals surface area contributed by atoms with E-state index in [0.29, 0.717) is 5.56 Å². The largest absolute Gasteiger partial charge is 0.449 e. The summed E-state index contributed by atoms with van der Waals surface area (Å²) in [5.74, 6) is -1.32. The number of halogens is 1. The van der Waals surface area contributed by atoms with Crippen LogP contribution in [0.2, 0.25) is 0 Å². The lowest BCUT2D eigenvalue weighted by Gasteiger charge is -2.18. The van der Waals surface area contributed by atoms with Crippen molar-refractivity contribution in [1.29, 1.82) is 0 Å². The lowest BCUT2D eigenvalue weighted by atomic mass is 10.1. The third kappa shape index (κ3) is 5.05. The van der Waals surface area contributed by atoms with Crippen molar-refractivity contribution in [3.8, 4) is 0 Å². The van der Waals surface area contributed by atoms with Gasteiger partial charge in [-0.05, 0) is 55.8 Å². The molecule has 26 heavy (non-hydrogen) atoms. The summed E-state index contributed by atoms with van der Waals surface area (Å²) in [6.45, 7) is 3.29. The highest BCUT2D eigenvalue weighted by Gasteiger charge is 2.21. The average molecular weight is 358 g/mol. The lowest BCUT2D eigenvalue weighted by Crippen LogP contribution is -2.37. The molecule has 2 aromatic rings. The van der Waals surface area contributed by atoms with Crippen LogP contribution in [0.3, 0.4) is 0 Å². The molecule has 0 aromatic heterocycles. The van der Waals surface area contributed by atoms with Gasteiger partial charge in [-0.25, -0.2) is 9.18 Å². The van der Waals surface area contributed by atoms with Crippen LogP contribution >= 0.6 is 0 Å². The Morgan fingerprint density at radius 2 is 1.58 bits per heavy atom. The van der Waals surface area contributed by atoms with E-state index in [4.69, 9.17) is 4.74 Å². The number of rotatable bonds is 6. The number of esters is 1. The second kappa shape index (κ2) is 8.47. The monoisotopic (exact) mass is 358 g/mol. The van der Waals surface area contributed by atoms with Crippen LogP contribution in [-0.4, -0.2) is 32.1 Å². The van der Waals surface area contributed by atoms with Gasteiger partial charge in [0, 0.05) is 19.8 Å². The smallest absolute Gasteiger partial charge is 0.338 e. The summed E-state index contributed by atoms with van der Waals surface area (Å²) in [6, 6.07) is 12.5. The molecule has 0 radical (unpaired) electrons. The third-order valence-corrected chi connectivity index (χ3v) is 4.00. The number of hydrogen-bond donors (Lipinski definition) is 1. The highest BCUT2D eigenvalue weighted by atomic mass is 19.1. The van der Waals surface area contributed by atoms with E-state index < -0.39 is 18.0 Å². The Balaban J connectivity index is 1.93. The normalized spacial score (nSPS) is 12.8. The molecule has 0 saturated heterocycles. The number of carbonyl (C=O) groups is 2. The first-order chi connectivity index (χ1) is 12.3. The number of anilines is 1. The van der Waals surface area contributed by atoms with Crippen LogP contribution in [0.5, 0.6) is 0 Å². The molecule has 1 amide bonds. The Labute approximate surface area is 152 Å². The number of nitrogens with zero attached hydrogens (tertiary/aromatic N) is 1. The molecule has 0 unspecified atom stereocenters. The standard InChI is InChI=1S/C20H23FN2O3/c1-13(15-5-9-17(21)10-6-15)22-19(24)14(2)26-20(25)16-7-11-18(12-8-16)23(3)4/h5-14H,1-4H3,(H,22,24)/t13-,14+/m0/s1. The number of nitrogens with one attached hydrogen (secondary N) is 1. The fourth-order valence-electron chi connectivity index (χ4n) is 2.34. The molecule has 0 aliphatic rings. The molecule has 0 heterocycles. The Kier molecular flexibility index (Phi) is 6.33. The fourth-order valence-corrected chi connectivity index (χ4v) is 2.34. The molecular formula is C20H23FN2O3. The van der Waals surface area contributed by atoms with E-state index >= 15 is 0 Å². The Bertz CT molecular complexity index is 758. The zero-order valence-electron chi connectivity index (χ0n) is 15.3. The van der Waals surface area contributed by atoms with E-state index in [1.807, 2.05) is 19.0 Å². The first-order valence-corrected chi connectivity index (χ1v) is 8.32. The van der Waals surface area contributed by atoms with Crippen LogP contribution in [0.1, 0.15) is 35.8 Å². The molecule has 0 aliphatic carbocycles. The van der Waals surface area contributed by atoms with Gasteiger partial charge in [0.25, 0.3) is 5.91 Å². The maximum absolute atomic E-state index is 13.0. The van der Waals surface area contributed by atoms with E-state index in [1.165, 1.54) is 19.1 Å². The van der Waals surface area contributed by atoms with Gasteiger partial charge in [0.2, 0.25) is 0 Å². The minimum atomic E-state index is -0.945. The maximum Gasteiger partial charge on any atom is 0.338 e. The zero-order valence-corrected chi connectivity index (χ0v) is 15.3. The van der Waals surface area contributed by atoms with Crippen molar-refractivity contribution in [3.05, 3.63) is 65.5 Å². The van der Waals surface area contributed by atoms with Crippen LogP contribution in [0.4, 0.5) is 10.1 Å². The van der Waals surface area contributed by atoms with Crippen LogP contribution in [0.25, 0.3) is 0 Å². The summed E-state index contributed by atoms with van der Waals surface area (Å²) < 4.78 is 18.2.